The van der Waals surface area contributed by atoms with Crippen molar-refractivity contribution < 1.29 is 4.39 Å². The third-order valence-corrected chi connectivity index (χ3v) is 2.04. The highest BCUT2D eigenvalue weighted by Crippen LogP contribution is 2.17. The van der Waals surface area contributed by atoms with Crippen LogP contribution in [0.25, 0.3) is 0 Å². The number of halogens is 1. The van der Waals surface area contributed by atoms with Crippen molar-refractivity contribution in [3.63, 3.8) is 0 Å². The highest BCUT2D eigenvalue weighted by Gasteiger charge is 2.13. The van der Waals surface area contributed by atoms with Crippen molar-refractivity contribution in [2.75, 3.05) is 26.7 Å². The molecule has 2 nitrogen and oxygen atoms in total. The summed E-state index contributed by atoms with van der Waals surface area (Å²) in [5.41, 5.74) is 6.09. The molecule has 2 N–H and O–H groups in total. The van der Waals surface area contributed by atoms with Gasteiger partial charge >= 0.3 is 0 Å². The van der Waals surface area contributed by atoms with Gasteiger partial charge in [-0.1, -0.05) is 13.8 Å². The largest absolute Gasteiger partial charge is 0.325 e. The number of likely N-dealkylation sites (N-methyl/N-ethyl adjacent to an activating group) is 1. The highest BCUT2D eigenvalue weighted by molar-refractivity contribution is 5.12. The Morgan fingerprint density at radius 2 is 2.15 bits per heavy atom. The number of piperidine rings is 1. The molecule has 0 aromatic carbocycles. The second-order valence-corrected chi connectivity index (χ2v) is 3.05. The molecule has 1 heterocycles. The molecule has 0 saturated carbocycles. The van der Waals surface area contributed by atoms with Crippen molar-refractivity contribution in [2.45, 2.75) is 26.7 Å². The number of rotatable bonds is 1. The van der Waals surface area contributed by atoms with E-state index in [1.165, 1.54) is 0 Å². The Morgan fingerprint density at radius 1 is 1.54 bits per heavy atom. The van der Waals surface area contributed by atoms with Crippen molar-refractivity contribution in [2.24, 2.45) is 5.73 Å². The second-order valence-electron chi connectivity index (χ2n) is 3.05. The zero-order valence-electron chi connectivity index (χ0n) is 8.94. The highest BCUT2D eigenvalue weighted by atomic mass is 19.1. The molecule has 78 valence electrons. The molecule has 0 aromatic heterocycles. The molecule has 3 heteroatoms. The summed E-state index contributed by atoms with van der Waals surface area (Å²) in [5.74, 6) is -0.114. The van der Waals surface area contributed by atoms with Crippen LogP contribution in [-0.2, 0) is 0 Å². The summed E-state index contributed by atoms with van der Waals surface area (Å²) in [6, 6.07) is 0. The SMILES string of the molecule is CC.CN1CCC/C(=C(\F)CN)C1. The van der Waals surface area contributed by atoms with Crippen LogP contribution in [0.15, 0.2) is 11.4 Å². The summed E-state index contributed by atoms with van der Waals surface area (Å²) in [4.78, 5) is 2.12. The Kier molecular flexibility index (Phi) is 6.82. The van der Waals surface area contributed by atoms with Crippen molar-refractivity contribution in [3.8, 4) is 0 Å². The molecule has 0 spiro atoms. The zero-order chi connectivity index (χ0) is 10.3. The van der Waals surface area contributed by atoms with Crippen LogP contribution in [0.4, 0.5) is 4.39 Å². The average Bonchev–Trinajstić information content (AvgIpc) is 2.20. The lowest BCUT2D eigenvalue weighted by molar-refractivity contribution is 0.315. The predicted octanol–water partition coefficient (Wildman–Crippen LogP) is 1.92. The first-order chi connectivity index (χ1) is 6.24. The van der Waals surface area contributed by atoms with E-state index in [4.69, 9.17) is 5.73 Å². The van der Waals surface area contributed by atoms with E-state index in [2.05, 4.69) is 4.90 Å². The van der Waals surface area contributed by atoms with Gasteiger partial charge in [0.25, 0.3) is 0 Å². The molecule has 0 aliphatic carbocycles. The monoisotopic (exact) mass is 188 g/mol. The van der Waals surface area contributed by atoms with Gasteiger partial charge in [-0.15, -0.1) is 0 Å². The minimum absolute atomic E-state index is 0.0587. The van der Waals surface area contributed by atoms with Crippen molar-refractivity contribution in [1.82, 2.24) is 4.90 Å². The minimum atomic E-state index is -0.114. The van der Waals surface area contributed by atoms with Crippen LogP contribution < -0.4 is 5.73 Å². The second kappa shape index (κ2) is 7.04. The fourth-order valence-corrected chi connectivity index (χ4v) is 1.41. The first-order valence-electron chi connectivity index (χ1n) is 4.99. The van der Waals surface area contributed by atoms with Gasteiger partial charge in [0.05, 0.1) is 0 Å². The molecule has 0 bridgehead atoms. The maximum Gasteiger partial charge on any atom is 0.114 e. The summed E-state index contributed by atoms with van der Waals surface area (Å²) < 4.78 is 12.9. The van der Waals surface area contributed by atoms with Crippen LogP contribution in [0.3, 0.4) is 0 Å². The van der Waals surface area contributed by atoms with Gasteiger partial charge in [-0.2, -0.15) is 0 Å². The van der Waals surface area contributed by atoms with Crippen molar-refractivity contribution >= 4 is 0 Å². The molecule has 1 saturated heterocycles. The van der Waals surface area contributed by atoms with E-state index in [1.54, 1.807) is 0 Å². The topological polar surface area (TPSA) is 29.3 Å². The fraction of sp³-hybridized carbons (Fsp3) is 0.800. The standard InChI is InChI=1S/C8H15FN2.C2H6/c1-11-4-2-3-7(6-11)8(9)5-10;1-2/h2-6,10H2,1H3;1-2H3/b8-7+;. The molecule has 0 unspecified atom stereocenters. The third-order valence-electron chi connectivity index (χ3n) is 2.04. The van der Waals surface area contributed by atoms with Gasteiger partial charge in [-0.25, -0.2) is 4.39 Å². The average molecular weight is 188 g/mol. The maximum absolute atomic E-state index is 12.9. The zero-order valence-corrected chi connectivity index (χ0v) is 8.94. The lowest BCUT2D eigenvalue weighted by Gasteiger charge is -2.24. The van der Waals surface area contributed by atoms with Crippen LogP contribution in [0.2, 0.25) is 0 Å². The third kappa shape index (κ3) is 4.39. The Labute approximate surface area is 80.6 Å². The smallest absolute Gasteiger partial charge is 0.114 e. The van der Waals surface area contributed by atoms with E-state index in [0.29, 0.717) is 0 Å². The van der Waals surface area contributed by atoms with E-state index < -0.39 is 0 Å². The molecule has 1 fully saturated rings. The molecule has 1 aliphatic rings. The summed E-state index contributed by atoms with van der Waals surface area (Å²) in [7, 11) is 2.00. The molecule has 1 aliphatic heterocycles. The molecule has 0 aromatic rings. The van der Waals surface area contributed by atoms with Gasteiger partial charge in [0.2, 0.25) is 0 Å². The van der Waals surface area contributed by atoms with E-state index in [-0.39, 0.29) is 12.4 Å². The summed E-state index contributed by atoms with van der Waals surface area (Å²) in [6.45, 7) is 5.88. The summed E-state index contributed by atoms with van der Waals surface area (Å²) in [5, 5.41) is 0. The molecule has 0 atom stereocenters. The van der Waals surface area contributed by atoms with Gasteiger partial charge in [0.1, 0.15) is 5.83 Å². The van der Waals surface area contributed by atoms with Gasteiger partial charge < -0.3 is 10.6 Å². The molecule has 1 rings (SSSR count). The van der Waals surface area contributed by atoms with Crippen molar-refractivity contribution in [1.29, 1.82) is 0 Å². The van der Waals surface area contributed by atoms with E-state index in [1.807, 2.05) is 20.9 Å². The van der Waals surface area contributed by atoms with Gasteiger partial charge in [-0.3, -0.25) is 0 Å². The van der Waals surface area contributed by atoms with Crippen LogP contribution in [0, 0.1) is 0 Å². The maximum atomic E-state index is 12.9. The fourth-order valence-electron chi connectivity index (χ4n) is 1.41. The Morgan fingerprint density at radius 3 is 2.62 bits per heavy atom. The summed E-state index contributed by atoms with van der Waals surface area (Å²) in [6.07, 6.45) is 1.94. The van der Waals surface area contributed by atoms with Gasteiger partial charge in [-0.05, 0) is 32.0 Å². The van der Waals surface area contributed by atoms with E-state index >= 15 is 0 Å². The predicted molar refractivity (Wildman–Crippen MR) is 55.3 cm³/mol. The first kappa shape index (κ1) is 12.6. The van der Waals surface area contributed by atoms with E-state index in [9.17, 15) is 4.39 Å². The number of likely N-dealkylation sites (tertiary alicyclic amines) is 1. The molecule has 0 amide bonds. The minimum Gasteiger partial charge on any atom is -0.325 e. The van der Waals surface area contributed by atoms with E-state index in [0.717, 1.165) is 31.5 Å². The number of hydrogen-bond acceptors (Lipinski definition) is 2. The lowest BCUT2D eigenvalue weighted by Crippen LogP contribution is -2.28. The van der Waals surface area contributed by atoms with Crippen LogP contribution in [-0.4, -0.2) is 31.6 Å². The lowest BCUT2D eigenvalue weighted by atomic mass is 10.0. The van der Waals surface area contributed by atoms with Gasteiger partial charge in [0, 0.05) is 13.1 Å². The number of nitrogens with zero attached hydrogens (tertiary/aromatic N) is 1. The molecular formula is C10H21FN2. The van der Waals surface area contributed by atoms with Gasteiger partial charge in [0.15, 0.2) is 0 Å². The first-order valence-corrected chi connectivity index (χ1v) is 4.99. The van der Waals surface area contributed by atoms with Crippen LogP contribution >= 0.6 is 0 Å². The van der Waals surface area contributed by atoms with Crippen LogP contribution in [0.1, 0.15) is 26.7 Å². The van der Waals surface area contributed by atoms with Crippen LogP contribution in [0.5, 0.6) is 0 Å². The Hall–Kier alpha value is -0.410. The summed E-state index contributed by atoms with van der Waals surface area (Å²) >= 11 is 0. The number of nitrogens with two attached hydrogens (primary N) is 1. The molecule has 0 radical (unpaired) electrons. The normalized spacial score (nSPS) is 21.9. The Balaban J connectivity index is 0.000000671. The number of hydrogen-bond donors (Lipinski definition) is 1. The molecule has 13 heavy (non-hydrogen) atoms. The Bertz CT molecular complexity index is 166. The van der Waals surface area contributed by atoms with Crippen molar-refractivity contribution in [3.05, 3.63) is 11.4 Å². The quantitative estimate of drug-likeness (QED) is 0.681. The molecular weight excluding hydrogens is 167 g/mol.